The lowest BCUT2D eigenvalue weighted by molar-refractivity contribution is -0.241. The molecular formula is C9H6F6O3S2. The minimum absolute atomic E-state index is 0.731. The van der Waals surface area contributed by atoms with Gasteiger partial charge in [0.15, 0.2) is 0 Å². The van der Waals surface area contributed by atoms with Crippen molar-refractivity contribution < 1.29 is 38.9 Å². The first-order valence-corrected chi connectivity index (χ1v) is 6.53. The largest absolute Gasteiger partial charge is 0.450 e. The van der Waals surface area contributed by atoms with Crippen molar-refractivity contribution in [3.8, 4) is 5.75 Å². The SMILES string of the molecule is O=S(=O)(Oc1ccccc1)C(F)(F)C(F)(F)C(F)(F)S. The number of hydrogen-bond donors (Lipinski definition) is 1. The molecule has 0 N–H and O–H groups in total. The lowest BCUT2D eigenvalue weighted by atomic mass is 10.3. The summed E-state index contributed by atoms with van der Waals surface area (Å²) in [7, 11) is -6.37. The molecule has 20 heavy (non-hydrogen) atoms. The summed E-state index contributed by atoms with van der Waals surface area (Å²) in [6.45, 7) is 0. The fourth-order valence-corrected chi connectivity index (χ4v) is 2.11. The topological polar surface area (TPSA) is 43.4 Å². The third-order valence-corrected chi connectivity index (χ3v) is 3.58. The standard InChI is InChI=1S/C9H6F6O3S2/c10-7(11,8(12,13)19)9(14,15)20(16,17)18-6-4-2-1-3-5-6/h1-5,19H. The van der Waals surface area contributed by atoms with Crippen LogP contribution in [-0.2, 0) is 10.1 Å². The highest BCUT2D eigenvalue weighted by molar-refractivity contribution is 7.88. The van der Waals surface area contributed by atoms with Crippen molar-refractivity contribution in [3.05, 3.63) is 30.3 Å². The van der Waals surface area contributed by atoms with E-state index in [4.69, 9.17) is 0 Å². The molecule has 0 amide bonds. The molecule has 0 aliphatic carbocycles. The molecule has 114 valence electrons. The van der Waals surface area contributed by atoms with Gasteiger partial charge in [0, 0.05) is 0 Å². The van der Waals surface area contributed by atoms with Crippen molar-refractivity contribution in [1.82, 2.24) is 0 Å². The zero-order valence-corrected chi connectivity index (χ0v) is 10.9. The average molecular weight is 340 g/mol. The Kier molecular flexibility index (Phi) is 4.26. The Bertz CT molecular complexity index is 567. The maximum atomic E-state index is 13.2. The summed E-state index contributed by atoms with van der Waals surface area (Å²) in [5.74, 6) is -7.00. The zero-order chi connectivity index (χ0) is 15.8. The van der Waals surface area contributed by atoms with Crippen molar-refractivity contribution in [3.63, 3.8) is 0 Å². The first-order valence-electron chi connectivity index (χ1n) is 4.68. The van der Waals surface area contributed by atoms with E-state index >= 15 is 0 Å². The molecule has 0 aliphatic heterocycles. The minimum atomic E-state index is -6.37. The van der Waals surface area contributed by atoms with Crippen molar-refractivity contribution in [2.24, 2.45) is 0 Å². The number of alkyl halides is 6. The van der Waals surface area contributed by atoms with Crippen LogP contribution in [0.1, 0.15) is 0 Å². The predicted molar refractivity (Wildman–Crippen MR) is 59.8 cm³/mol. The third kappa shape index (κ3) is 2.82. The summed E-state index contributed by atoms with van der Waals surface area (Å²) < 4.78 is 103. The van der Waals surface area contributed by atoms with Gasteiger partial charge in [-0.1, -0.05) is 30.8 Å². The Morgan fingerprint density at radius 3 is 1.80 bits per heavy atom. The second-order valence-corrected chi connectivity index (χ2v) is 5.63. The summed E-state index contributed by atoms with van der Waals surface area (Å²) in [6, 6.07) is 5.41. The highest BCUT2D eigenvalue weighted by atomic mass is 32.2. The van der Waals surface area contributed by atoms with E-state index in [0.717, 1.165) is 24.3 Å². The number of halogens is 6. The Hall–Kier alpha value is -1.10. The molecule has 0 atom stereocenters. The molecule has 1 aromatic carbocycles. The molecule has 0 radical (unpaired) electrons. The monoisotopic (exact) mass is 340 g/mol. The number of hydrogen-bond acceptors (Lipinski definition) is 4. The van der Waals surface area contributed by atoms with Gasteiger partial charge in [0.1, 0.15) is 5.75 Å². The molecule has 3 nitrogen and oxygen atoms in total. The maximum absolute atomic E-state index is 13.2. The first-order chi connectivity index (χ1) is 8.83. The third-order valence-electron chi connectivity index (χ3n) is 2.01. The van der Waals surface area contributed by atoms with Crippen molar-refractivity contribution in [2.75, 3.05) is 0 Å². The van der Waals surface area contributed by atoms with Gasteiger partial charge >= 0.3 is 26.5 Å². The van der Waals surface area contributed by atoms with E-state index in [1.165, 1.54) is 6.07 Å². The second-order valence-electron chi connectivity index (χ2n) is 3.48. The van der Waals surface area contributed by atoms with Gasteiger partial charge in [0.05, 0.1) is 0 Å². The van der Waals surface area contributed by atoms with Gasteiger partial charge in [-0.25, -0.2) is 0 Å². The van der Waals surface area contributed by atoms with E-state index in [2.05, 4.69) is 4.18 Å². The number of para-hydroxylation sites is 1. The molecule has 0 fully saturated rings. The number of rotatable bonds is 5. The Morgan fingerprint density at radius 2 is 1.40 bits per heavy atom. The highest BCUT2D eigenvalue weighted by Crippen LogP contribution is 2.50. The number of thiol groups is 1. The van der Waals surface area contributed by atoms with Gasteiger partial charge < -0.3 is 4.18 Å². The molecule has 0 spiro atoms. The average Bonchev–Trinajstić information content (AvgIpc) is 2.27. The van der Waals surface area contributed by atoms with Crippen LogP contribution < -0.4 is 4.18 Å². The van der Waals surface area contributed by atoms with Crippen molar-refractivity contribution in [2.45, 2.75) is 16.4 Å². The molecule has 0 bridgehead atoms. The van der Waals surface area contributed by atoms with Crippen LogP contribution >= 0.6 is 12.6 Å². The van der Waals surface area contributed by atoms with E-state index in [-0.39, 0.29) is 0 Å². The van der Waals surface area contributed by atoms with Crippen LogP contribution in [0.25, 0.3) is 0 Å². The van der Waals surface area contributed by atoms with Gasteiger partial charge in [-0.2, -0.15) is 34.8 Å². The van der Waals surface area contributed by atoms with Crippen LogP contribution in [0.5, 0.6) is 5.75 Å². The quantitative estimate of drug-likeness (QED) is 0.509. The van der Waals surface area contributed by atoms with Crippen LogP contribution in [0, 0.1) is 0 Å². The molecule has 0 aliphatic rings. The fraction of sp³-hybridized carbons (Fsp3) is 0.333. The van der Waals surface area contributed by atoms with Gasteiger partial charge in [-0.15, -0.1) is 0 Å². The number of benzene rings is 1. The van der Waals surface area contributed by atoms with E-state index < -0.39 is 32.3 Å². The van der Waals surface area contributed by atoms with Gasteiger partial charge in [0.2, 0.25) is 0 Å². The molecule has 0 aromatic heterocycles. The van der Waals surface area contributed by atoms with Crippen molar-refractivity contribution in [1.29, 1.82) is 0 Å². The first kappa shape index (κ1) is 17.0. The van der Waals surface area contributed by atoms with E-state index in [0.29, 0.717) is 0 Å². The summed E-state index contributed by atoms with van der Waals surface area (Å²) in [5.41, 5.74) is 0. The molecule has 0 saturated carbocycles. The minimum Gasteiger partial charge on any atom is -0.378 e. The summed E-state index contributed by atoms with van der Waals surface area (Å²) in [4.78, 5) is 0. The van der Waals surface area contributed by atoms with Crippen LogP contribution in [0.15, 0.2) is 30.3 Å². The van der Waals surface area contributed by atoms with E-state index in [9.17, 15) is 34.8 Å². The maximum Gasteiger partial charge on any atom is 0.450 e. The van der Waals surface area contributed by atoms with Gasteiger partial charge in [0.25, 0.3) is 0 Å². The van der Waals surface area contributed by atoms with Crippen molar-refractivity contribution >= 4 is 22.7 Å². The zero-order valence-electron chi connectivity index (χ0n) is 9.23. The van der Waals surface area contributed by atoms with Crippen LogP contribution in [-0.4, -0.2) is 24.8 Å². The fourth-order valence-electron chi connectivity index (χ4n) is 0.987. The molecule has 0 heterocycles. The predicted octanol–water partition coefficient (Wildman–Crippen LogP) is 3.15. The Morgan fingerprint density at radius 1 is 0.950 bits per heavy atom. The van der Waals surface area contributed by atoms with E-state index in [1.54, 1.807) is 0 Å². The molecule has 0 unspecified atom stereocenters. The molecule has 1 rings (SSSR count). The molecule has 11 heteroatoms. The van der Waals surface area contributed by atoms with Crippen LogP contribution in [0.2, 0.25) is 0 Å². The summed E-state index contributed by atoms with van der Waals surface area (Å²) in [6.07, 6.45) is 0. The summed E-state index contributed by atoms with van der Waals surface area (Å²) >= 11 is 2.00. The highest BCUT2D eigenvalue weighted by Gasteiger charge is 2.77. The van der Waals surface area contributed by atoms with Gasteiger partial charge in [-0.05, 0) is 12.1 Å². The normalized spacial score (nSPS) is 14.2. The lowest BCUT2D eigenvalue weighted by Crippen LogP contribution is -2.56. The van der Waals surface area contributed by atoms with Gasteiger partial charge in [-0.3, -0.25) is 0 Å². The second kappa shape index (κ2) is 5.02. The van der Waals surface area contributed by atoms with Crippen LogP contribution in [0.4, 0.5) is 26.3 Å². The molecule has 1 aromatic rings. The summed E-state index contributed by atoms with van der Waals surface area (Å²) in [5, 5.41) is -11.7. The van der Waals surface area contributed by atoms with Crippen LogP contribution in [0.3, 0.4) is 0 Å². The Balaban J connectivity index is 3.20. The van der Waals surface area contributed by atoms with E-state index in [1.807, 2.05) is 12.6 Å². The molecular weight excluding hydrogens is 334 g/mol. The smallest absolute Gasteiger partial charge is 0.378 e. The Labute approximate surface area is 115 Å². The lowest BCUT2D eigenvalue weighted by Gasteiger charge is -2.28. The molecule has 0 saturated heterocycles.